The molecule has 2 rings (SSSR count). The number of rotatable bonds is 2. The Morgan fingerprint density at radius 3 is 2.80 bits per heavy atom. The van der Waals surface area contributed by atoms with Crippen molar-refractivity contribution in [3.05, 3.63) is 39.9 Å². The van der Waals surface area contributed by atoms with Crippen molar-refractivity contribution in [3.63, 3.8) is 0 Å². The fraction of sp³-hybridized carbons (Fsp3) is 0.400. The van der Waals surface area contributed by atoms with Crippen LogP contribution in [0.4, 0.5) is 0 Å². The van der Waals surface area contributed by atoms with Crippen molar-refractivity contribution in [2.24, 2.45) is 0 Å². The topological polar surface area (TPSA) is 23.6 Å². The summed E-state index contributed by atoms with van der Waals surface area (Å²) in [5, 5.41) is 1.20. The zero-order valence-corrected chi connectivity index (χ0v) is 13.0. The highest BCUT2D eigenvalue weighted by Crippen LogP contribution is 2.21. The van der Waals surface area contributed by atoms with Gasteiger partial charge in [0.05, 0.1) is 0 Å². The number of hydrogen-bond acceptors (Lipinski definition) is 2. The van der Waals surface area contributed by atoms with E-state index in [4.69, 9.17) is 23.2 Å². The van der Waals surface area contributed by atoms with Crippen molar-refractivity contribution < 1.29 is 4.79 Å². The van der Waals surface area contributed by atoms with Crippen LogP contribution in [0.25, 0.3) is 6.08 Å². The average molecular weight is 313 g/mol. The Hall–Kier alpha value is -1.03. The molecule has 0 spiro atoms. The molecule has 1 amide bonds. The van der Waals surface area contributed by atoms with Gasteiger partial charge in [-0.3, -0.25) is 4.79 Å². The lowest BCUT2D eigenvalue weighted by molar-refractivity contribution is -0.125. The summed E-state index contributed by atoms with van der Waals surface area (Å²) in [5.74, 6) is 0.0244. The molecule has 0 atom stereocenters. The van der Waals surface area contributed by atoms with Crippen molar-refractivity contribution in [2.45, 2.75) is 6.42 Å². The summed E-state index contributed by atoms with van der Waals surface area (Å²) >= 11 is 12.0. The number of nitrogens with zero attached hydrogens (tertiary/aromatic N) is 2. The third-order valence-corrected chi connectivity index (χ3v) is 3.97. The number of amides is 1. The van der Waals surface area contributed by atoms with Crippen LogP contribution in [0.1, 0.15) is 12.0 Å². The second kappa shape index (κ2) is 7.11. The molecule has 108 valence electrons. The molecule has 1 aliphatic heterocycles. The Labute approximate surface area is 129 Å². The monoisotopic (exact) mass is 312 g/mol. The summed E-state index contributed by atoms with van der Waals surface area (Å²) in [6, 6.07) is 5.21. The van der Waals surface area contributed by atoms with Crippen molar-refractivity contribution >= 4 is 35.2 Å². The highest BCUT2D eigenvalue weighted by molar-refractivity contribution is 6.34. The third-order valence-electron chi connectivity index (χ3n) is 3.39. The summed E-state index contributed by atoms with van der Waals surface area (Å²) in [5.41, 5.74) is 0.763. The molecule has 0 N–H and O–H groups in total. The van der Waals surface area contributed by atoms with Crippen molar-refractivity contribution in [1.29, 1.82) is 0 Å². The molecular weight excluding hydrogens is 295 g/mol. The zero-order valence-electron chi connectivity index (χ0n) is 11.5. The lowest BCUT2D eigenvalue weighted by Gasteiger charge is -2.18. The van der Waals surface area contributed by atoms with Crippen LogP contribution in [0.15, 0.2) is 24.3 Å². The van der Waals surface area contributed by atoms with E-state index in [0.717, 1.165) is 38.2 Å². The molecule has 0 aromatic heterocycles. The molecule has 0 radical (unpaired) electrons. The van der Waals surface area contributed by atoms with Crippen LogP contribution in [-0.4, -0.2) is 48.9 Å². The van der Waals surface area contributed by atoms with Gasteiger partial charge >= 0.3 is 0 Å². The predicted molar refractivity (Wildman–Crippen MR) is 84.2 cm³/mol. The smallest absolute Gasteiger partial charge is 0.246 e. The quantitative estimate of drug-likeness (QED) is 0.783. The van der Waals surface area contributed by atoms with E-state index in [1.165, 1.54) is 0 Å². The molecule has 1 heterocycles. The first-order valence-corrected chi connectivity index (χ1v) is 7.42. The molecule has 0 saturated carbocycles. The van der Waals surface area contributed by atoms with Crippen molar-refractivity contribution in [2.75, 3.05) is 33.2 Å². The fourth-order valence-electron chi connectivity index (χ4n) is 2.18. The van der Waals surface area contributed by atoms with E-state index in [-0.39, 0.29) is 5.91 Å². The molecule has 1 fully saturated rings. The zero-order chi connectivity index (χ0) is 14.5. The first kappa shape index (κ1) is 15.4. The molecule has 1 aromatic rings. The van der Waals surface area contributed by atoms with Gasteiger partial charge in [0, 0.05) is 35.8 Å². The molecule has 1 aromatic carbocycles. The number of hydrogen-bond donors (Lipinski definition) is 0. The summed E-state index contributed by atoms with van der Waals surface area (Å²) in [7, 11) is 2.08. The van der Waals surface area contributed by atoms with Crippen LogP contribution in [-0.2, 0) is 4.79 Å². The van der Waals surface area contributed by atoms with E-state index in [2.05, 4.69) is 11.9 Å². The van der Waals surface area contributed by atoms with E-state index in [0.29, 0.717) is 10.0 Å². The van der Waals surface area contributed by atoms with E-state index in [9.17, 15) is 4.79 Å². The molecular formula is C15H18Cl2N2O. The maximum absolute atomic E-state index is 12.2. The Morgan fingerprint density at radius 1 is 1.20 bits per heavy atom. The largest absolute Gasteiger partial charge is 0.338 e. The van der Waals surface area contributed by atoms with Crippen molar-refractivity contribution in [3.8, 4) is 0 Å². The standard InChI is InChI=1S/C15H18Cl2N2O/c1-18-7-2-8-19(10-9-18)15(20)6-3-12-11-13(16)4-5-14(12)17/h3-6,11H,2,7-10H2,1H3/b6-3+. The second-order valence-electron chi connectivity index (χ2n) is 4.98. The SMILES string of the molecule is CN1CCCN(C(=O)/C=C/c2cc(Cl)ccc2Cl)CC1. The first-order chi connectivity index (χ1) is 9.56. The van der Waals surface area contributed by atoms with Gasteiger partial charge in [-0.05, 0) is 49.9 Å². The molecule has 0 aliphatic carbocycles. The summed E-state index contributed by atoms with van der Waals surface area (Å²) in [4.78, 5) is 16.3. The number of carbonyl (C=O) groups excluding carboxylic acids is 1. The Balaban J connectivity index is 2.03. The van der Waals surface area contributed by atoms with Crippen LogP contribution in [0.2, 0.25) is 10.0 Å². The van der Waals surface area contributed by atoms with Crippen LogP contribution in [0.3, 0.4) is 0 Å². The van der Waals surface area contributed by atoms with Crippen LogP contribution < -0.4 is 0 Å². The summed E-state index contributed by atoms with van der Waals surface area (Å²) in [6.07, 6.45) is 4.31. The molecule has 20 heavy (non-hydrogen) atoms. The molecule has 1 aliphatic rings. The normalized spacial score (nSPS) is 17.4. The first-order valence-electron chi connectivity index (χ1n) is 6.67. The third kappa shape index (κ3) is 4.23. The molecule has 1 saturated heterocycles. The van der Waals surface area contributed by atoms with Gasteiger partial charge in [-0.2, -0.15) is 0 Å². The Bertz CT molecular complexity index is 517. The minimum absolute atomic E-state index is 0.0244. The van der Waals surface area contributed by atoms with Crippen molar-refractivity contribution in [1.82, 2.24) is 9.80 Å². The molecule has 0 bridgehead atoms. The highest BCUT2D eigenvalue weighted by Gasteiger charge is 2.15. The summed E-state index contributed by atoms with van der Waals surface area (Å²) < 4.78 is 0. The van der Waals surface area contributed by atoms with E-state index >= 15 is 0 Å². The Morgan fingerprint density at radius 2 is 2.00 bits per heavy atom. The van der Waals surface area contributed by atoms with Gasteiger partial charge in [-0.15, -0.1) is 0 Å². The predicted octanol–water partition coefficient (Wildman–Crippen LogP) is 3.17. The maximum Gasteiger partial charge on any atom is 0.246 e. The van der Waals surface area contributed by atoms with Gasteiger partial charge in [0.25, 0.3) is 0 Å². The van der Waals surface area contributed by atoms with E-state index in [1.54, 1.807) is 30.4 Å². The van der Waals surface area contributed by atoms with Gasteiger partial charge < -0.3 is 9.80 Å². The van der Waals surface area contributed by atoms with Crippen LogP contribution in [0, 0.1) is 0 Å². The lowest BCUT2D eigenvalue weighted by Crippen LogP contribution is -2.33. The van der Waals surface area contributed by atoms with E-state index in [1.807, 2.05) is 4.90 Å². The Kier molecular flexibility index (Phi) is 5.46. The second-order valence-corrected chi connectivity index (χ2v) is 5.82. The minimum Gasteiger partial charge on any atom is -0.338 e. The average Bonchev–Trinajstić information content (AvgIpc) is 2.64. The number of benzene rings is 1. The number of carbonyl (C=O) groups is 1. The lowest BCUT2D eigenvalue weighted by atomic mass is 10.2. The molecule has 3 nitrogen and oxygen atoms in total. The maximum atomic E-state index is 12.2. The van der Waals surface area contributed by atoms with Crippen LogP contribution >= 0.6 is 23.2 Å². The van der Waals surface area contributed by atoms with E-state index < -0.39 is 0 Å². The fourth-order valence-corrected chi connectivity index (χ4v) is 2.54. The van der Waals surface area contributed by atoms with Gasteiger partial charge in [-0.1, -0.05) is 23.2 Å². The van der Waals surface area contributed by atoms with Crippen LogP contribution in [0.5, 0.6) is 0 Å². The van der Waals surface area contributed by atoms with Gasteiger partial charge in [0.1, 0.15) is 0 Å². The highest BCUT2D eigenvalue weighted by atomic mass is 35.5. The number of halogens is 2. The van der Waals surface area contributed by atoms with Gasteiger partial charge in [-0.25, -0.2) is 0 Å². The molecule has 0 unspecified atom stereocenters. The minimum atomic E-state index is 0.0244. The van der Waals surface area contributed by atoms with Gasteiger partial charge in [0.2, 0.25) is 5.91 Å². The van der Waals surface area contributed by atoms with Gasteiger partial charge in [0.15, 0.2) is 0 Å². The number of likely N-dealkylation sites (N-methyl/N-ethyl adjacent to an activating group) is 1. The summed E-state index contributed by atoms with van der Waals surface area (Å²) in [6.45, 7) is 3.52. The molecule has 5 heteroatoms.